The van der Waals surface area contributed by atoms with Gasteiger partial charge >= 0.3 is 0 Å². The first-order valence-corrected chi connectivity index (χ1v) is 7.48. The molecule has 0 heterocycles. The largest absolute Gasteiger partial charge is 0.345 e. The normalized spacial score (nSPS) is 13.6. The lowest BCUT2D eigenvalue weighted by atomic mass is 9.82. The van der Waals surface area contributed by atoms with Crippen LogP contribution < -0.4 is 5.32 Å². The second-order valence-corrected chi connectivity index (χ2v) is 6.14. The van der Waals surface area contributed by atoms with Gasteiger partial charge in [0.05, 0.1) is 6.54 Å². The van der Waals surface area contributed by atoms with Crippen molar-refractivity contribution in [2.45, 2.75) is 26.2 Å². The topological polar surface area (TPSA) is 29.1 Å². The Balaban J connectivity index is 1.96. The van der Waals surface area contributed by atoms with Gasteiger partial charge in [-0.05, 0) is 34.4 Å². The molecule has 0 aliphatic heterocycles. The van der Waals surface area contributed by atoms with Crippen LogP contribution in [0.1, 0.15) is 37.5 Å². The molecule has 1 N–H and O–H groups in total. The van der Waals surface area contributed by atoms with Gasteiger partial charge in [-0.2, -0.15) is 0 Å². The van der Waals surface area contributed by atoms with Crippen molar-refractivity contribution in [2.75, 3.05) is 6.54 Å². The highest BCUT2D eigenvalue weighted by Crippen LogP contribution is 2.48. The first kappa shape index (κ1) is 14.4. The first-order valence-electron chi connectivity index (χ1n) is 7.48. The van der Waals surface area contributed by atoms with Crippen LogP contribution in [-0.4, -0.2) is 12.5 Å². The molecule has 0 fully saturated rings. The van der Waals surface area contributed by atoms with Crippen LogP contribution >= 0.6 is 0 Å². The molecule has 2 aromatic rings. The third-order valence-corrected chi connectivity index (χ3v) is 4.24. The summed E-state index contributed by atoms with van der Waals surface area (Å²) in [5.41, 5.74) is 6.30. The van der Waals surface area contributed by atoms with Crippen molar-refractivity contribution in [1.29, 1.82) is 0 Å². The third-order valence-electron chi connectivity index (χ3n) is 4.24. The van der Waals surface area contributed by atoms with Crippen molar-refractivity contribution in [3.05, 3.63) is 59.2 Å². The summed E-state index contributed by atoms with van der Waals surface area (Å²) in [6, 6.07) is 15.0. The summed E-state index contributed by atoms with van der Waals surface area (Å²) >= 11 is 0. The lowest BCUT2D eigenvalue weighted by molar-refractivity contribution is -0.118. The fourth-order valence-corrected chi connectivity index (χ4v) is 3.10. The molecule has 0 spiro atoms. The Labute approximate surface area is 131 Å². The summed E-state index contributed by atoms with van der Waals surface area (Å²) in [6.45, 7) is 6.39. The number of fused-ring (bicyclic) bond motifs is 3. The SMILES string of the molecule is CC(=O)NCC#Cc1ccc2c(c1)C(C)(C)c1ccccc1-2. The van der Waals surface area contributed by atoms with Crippen LogP contribution in [0.4, 0.5) is 0 Å². The van der Waals surface area contributed by atoms with Gasteiger partial charge < -0.3 is 5.32 Å². The lowest BCUT2D eigenvalue weighted by Crippen LogP contribution is -2.19. The standard InChI is InChI=1S/C20H19NO/c1-14(22)21-12-6-7-15-10-11-17-16-8-4-5-9-18(16)20(2,3)19(17)13-15/h4-5,8-11,13H,12H2,1-3H3,(H,21,22). The molecule has 0 saturated carbocycles. The molecule has 2 aromatic carbocycles. The molecule has 110 valence electrons. The molecule has 1 aliphatic carbocycles. The molecular weight excluding hydrogens is 270 g/mol. The quantitative estimate of drug-likeness (QED) is 0.800. The molecule has 0 bridgehead atoms. The average Bonchev–Trinajstić information content (AvgIpc) is 2.73. The summed E-state index contributed by atoms with van der Waals surface area (Å²) < 4.78 is 0. The van der Waals surface area contributed by atoms with Gasteiger partial charge in [0.15, 0.2) is 0 Å². The predicted octanol–water partition coefficient (Wildman–Crippen LogP) is 3.48. The summed E-state index contributed by atoms with van der Waals surface area (Å²) in [7, 11) is 0. The van der Waals surface area contributed by atoms with Crippen LogP contribution in [0.5, 0.6) is 0 Å². The number of hydrogen-bond acceptors (Lipinski definition) is 1. The van der Waals surface area contributed by atoms with Gasteiger partial charge in [-0.25, -0.2) is 0 Å². The second-order valence-electron chi connectivity index (χ2n) is 6.14. The third kappa shape index (κ3) is 2.40. The Morgan fingerprint density at radius 1 is 1.09 bits per heavy atom. The average molecular weight is 289 g/mol. The molecule has 2 nitrogen and oxygen atoms in total. The van der Waals surface area contributed by atoms with Gasteiger partial charge in [0.2, 0.25) is 5.91 Å². The van der Waals surface area contributed by atoms with E-state index in [0.29, 0.717) is 6.54 Å². The van der Waals surface area contributed by atoms with Gasteiger partial charge in [-0.15, -0.1) is 0 Å². The zero-order valence-corrected chi connectivity index (χ0v) is 13.2. The zero-order chi connectivity index (χ0) is 15.7. The molecule has 1 aliphatic rings. The Hall–Kier alpha value is -2.53. The fourth-order valence-electron chi connectivity index (χ4n) is 3.10. The molecule has 0 aromatic heterocycles. The Bertz CT molecular complexity index is 806. The number of carbonyl (C=O) groups excluding carboxylic acids is 1. The second kappa shape index (κ2) is 5.35. The first-order chi connectivity index (χ1) is 10.5. The summed E-state index contributed by atoms with van der Waals surface area (Å²) in [5, 5.41) is 2.69. The van der Waals surface area contributed by atoms with E-state index in [1.54, 1.807) is 0 Å². The van der Waals surface area contributed by atoms with E-state index in [1.165, 1.54) is 29.2 Å². The minimum atomic E-state index is -0.0557. The van der Waals surface area contributed by atoms with E-state index in [1.807, 2.05) is 0 Å². The van der Waals surface area contributed by atoms with E-state index >= 15 is 0 Å². The van der Waals surface area contributed by atoms with Crippen LogP contribution in [0.2, 0.25) is 0 Å². The van der Waals surface area contributed by atoms with Gasteiger partial charge in [0, 0.05) is 17.9 Å². The van der Waals surface area contributed by atoms with Crippen LogP contribution in [0.25, 0.3) is 11.1 Å². The van der Waals surface area contributed by atoms with E-state index in [4.69, 9.17) is 0 Å². The van der Waals surface area contributed by atoms with Crippen molar-refractivity contribution >= 4 is 5.91 Å². The van der Waals surface area contributed by atoms with E-state index in [-0.39, 0.29) is 11.3 Å². The smallest absolute Gasteiger partial charge is 0.217 e. The van der Waals surface area contributed by atoms with Crippen molar-refractivity contribution < 1.29 is 4.79 Å². The molecule has 22 heavy (non-hydrogen) atoms. The maximum atomic E-state index is 10.8. The highest BCUT2D eigenvalue weighted by Gasteiger charge is 2.34. The Morgan fingerprint density at radius 3 is 2.59 bits per heavy atom. The molecule has 0 saturated heterocycles. The molecule has 3 rings (SSSR count). The van der Waals surface area contributed by atoms with Gasteiger partial charge in [0.1, 0.15) is 0 Å². The van der Waals surface area contributed by atoms with E-state index in [2.05, 4.69) is 73.5 Å². The summed E-state index contributed by atoms with van der Waals surface area (Å²) in [4.78, 5) is 10.8. The maximum Gasteiger partial charge on any atom is 0.217 e. The number of nitrogens with one attached hydrogen (secondary N) is 1. The number of benzene rings is 2. The minimum Gasteiger partial charge on any atom is -0.345 e. The van der Waals surface area contributed by atoms with E-state index in [9.17, 15) is 4.79 Å². The minimum absolute atomic E-state index is 0.00124. The number of rotatable bonds is 1. The molecule has 0 unspecified atom stereocenters. The zero-order valence-electron chi connectivity index (χ0n) is 13.2. The summed E-state index contributed by atoms with van der Waals surface area (Å²) in [6.07, 6.45) is 0. The van der Waals surface area contributed by atoms with E-state index < -0.39 is 0 Å². The van der Waals surface area contributed by atoms with Crippen molar-refractivity contribution in [1.82, 2.24) is 5.32 Å². The Kier molecular flexibility index (Phi) is 3.50. The molecule has 0 radical (unpaired) electrons. The highest BCUT2D eigenvalue weighted by molar-refractivity contribution is 5.81. The number of carbonyl (C=O) groups is 1. The summed E-state index contributed by atoms with van der Waals surface area (Å²) in [5.74, 6) is 6.06. The number of hydrogen-bond donors (Lipinski definition) is 1. The van der Waals surface area contributed by atoms with E-state index in [0.717, 1.165) is 5.56 Å². The van der Waals surface area contributed by atoms with Crippen LogP contribution in [-0.2, 0) is 10.2 Å². The molecule has 1 amide bonds. The molecule has 2 heteroatoms. The van der Waals surface area contributed by atoms with Crippen LogP contribution in [0.15, 0.2) is 42.5 Å². The molecule has 0 atom stereocenters. The van der Waals surface area contributed by atoms with Gasteiger partial charge in [0.25, 0.3) is 0 Å². The fraction of sp³-hybridized carbons (Fsp3) is 0.250. The van der Waals surface area contributed by atoms with Gasteiger partial charge in [-0.1, -0.05) is 56.0 Å². The van der Waals surface area contributed by atoms with Crippen molar-refractivity contribution in [3.63, 3.8) is 0 Å². The van der Waals surface area contributed by atoms with Gasteiger partial charge in [-0.3, -0.25) is 4.79 Å². The lowest BCUT2D eigenvalue weighted by Gasteiger charge is -2.21. The van der Waals surface area contributed by atoms with Crippen LogP contribution in [0, 0.1) is 11.8 Å². The highest BCUT2D eigenvalue weighted by atomic mass is 16.1. The van der Waals surface area contributed by atoms with Crippen molar-refractivity contribution in [2.24, 2.45) is 0 Å². The Morgan fingerprint density at radius 2 is 1.82 bits per heavy atom. The van der Waals surface area contributed by atoms with Crippen LogP contribution in [0.3, 0.4) is 0 Å². The number of amides is 1. The molecular formula is C20H19NO. The predicted molar refractivity (Wildman–Crippen MR) is 89.6 cm³/mol. The monoisotopic (exact) mass is 289 g/mol. The van der Waals surface area contributed by atoms with Crippen molar-refractivity contribution in [3.8, 4) is 23.0 Å². The maximum absolute atomic E-state index is 10.8.